The number of nitrogens with zero attached hydrogens (tertiary/aromatic N) is 1. The minimum atomic E-state index is -0.931. The van der Waals surface area contributed by atoms with E-state index in [-0.39, 0.29) is 17.6 Å². The van der Waals surface area contributed by atoms with Crippen molar-refractivity contribution in [3.05, 3.63) is 23.3 Å². The molecule has 3 fully saturated rings. The van der Waals surface area contributed by atoms with Gasteiger partial charge in [-0.05, 0) is 30.9 Å². The molecule has 2 aliphatic heterocycles. The SMILES string of the molecule is C[N@@+]1(CC2CC2)CC[C@@]23c4c5ccc(O)c4O[C@@H]2C(=O)CC[C@]3(O)[C@@H]1C5. The zero-order valence-corrected chi connectivity index (χ0v) is 15.2. The number of aromatic hydroxyl groups is 1. The van der Waals surface area contributed by atoms with Gasteiger partial charge in [-0.15, -0.1) is 0 Å². The number of phenolic OH excluding ortho intramolecular Hbond substituents is 1. The summed E-state index contributed by atoms with van der Waals surface area (Å²) in [5, 5.41) is 22.5. The van der Waals surface area contributed by atoms with Crippen molar-refractivity contribution in [1.29, 1.82) is 0 Å². The first-order chi connectivity index (χ1) is 12.4. The fourth-order valence-electron chi connectivity index (χ4n) is 6.94. The van der Waals surface area contributed by atoms with E-state index >= 15 is 0 Å². The highest BCUT2D eigenvalue weighted by Crippen LogP contribution is 2.65. The number of aliphatic hydroxyl groups is 1. The number of hydrogen-bond donors (Lipinski definition) is 2. The number of quaternary nitrogens is 1. The van der Waals surface area contributed by atoms with Crippen LogP contribution in [0.15, 0.2) is 12.1 Å². The van der Waals surface area contributed by atoms with E-state index in [2.05, 4.69) is 7.05 Å². The van der Waals surface area contributed by atoms with Crippen LogP contribution >= 0.6 is 0 Å². The first-order valence-electron chi connectivity index (χ1n) is 10.0. The summed E-state index contributed by atoms with van der Waals surface area (Å²) < 4.78 is 6.98. The van der Waals surface area contributed by atoms with Gasteiger partial charge in [-0.1, -0.05) is 6.07 Å². The normalized spacial score (nSPS) is 45.2. The summed E-state index contributed by atoms with van der Waals surface area (Å²) >= 11 is 0. The van der Waals surface area contributed by atoms with Gasteiger partial charge in [0.15, 0.2) is 23.4 Å². The predicted molar refractivity (Wildman–Crippen MR) is 94.1 cm³/mol. The smallest absolute Gasteiger partial charge is 0.174 e. The van der Waals surface area contributed by atoms with Crippen molar-refractivity contribution in [3.8, 4) is 11.5 Å². The number of hydrogen-bond acceptors (Lipinski definition) is 4. The largest absolute Gasteiger partial charge is 0.504 e. The Morgan fingerprint density at radius 3 is 2.88 bits per heavy atom. The van der Waals surface area contributed by atoms with Gasteiger partial charge in [0.05, 0.1) is 25.6 Å². The molecule has 0 unspecified atom stereocenters. The van der Waals surface area contributed by atoms with Crippen molar-refractivity contribution in [2.45, 2.75) is 61.7 Å². The zero-order valence-electron chi connectivity index (χ0n) is 15.2. The van der Waals surface area contributed by atoms with Gasteiger partial charge in [-0.25, -0.2) is 0 Å². The highest BCUT2D eigenvalue weighted by Gasteiger charge is 2.76. The second-order valence-electron chi connectivity index (χ2n) is 9.61. The Hall–Kier alpha value is -1.59. The number of carbonyl (C=O) groups is 1. The van der Waals surface area contributed by atoms with Crippen LogP contribution in [-0.2, 0) is 16.6 Å². The summed E-state index contributed by atoms with van der Waals surface area (Å²) in [7, 11) is 2.31. The van der Waals surface area contributed by atoms with Crippen LogP contribution in [0.2, 0.25) is 0 Å². The minimum absolute atomic E-state index is 0.0789. The van der Waals surface area contributed by atoms with Gasteiger partial charge in [0, 0.05) is 30.7 Å². The Labute approximate surface area is 153 Å². The third-order valence-corrected chi connectivity index (χ3v) is 8.28. The maximum absolute atomic E-state index is 12.8. The van der Waals surface area contributed by atoms with Crippen molar-refractivity contribution in [2.24, 2.45) is 5.92 Å². The molecule has 2 heterocycles. The van der Waals surface area contributed by atoms with Crippen LogP contribution in [0.25, 0.3) is 0 Å². The molecule has 1 saturated heterocycles. The van der Waals surface area contributed by atoms with Crippen molar-refractivity contribution < 1.29 is 24.2 Å². The fraction of sp³-hybridized carbons (Fsp3) is 0.667. The van der Waals surface area contributed by atoms with Crippen LogP contribution in [0.1, 0.15) is 43.2 Å². The molecule has 2 saturated carbocycles. The molecule has 2 bridgehead atoms. The second kappa shape index (κ2) is 4.45. The number of phenols is 1. The number of ketones is 1. The third kappa shape index (κ3) is 1.55. The number of ether oxygens (including phenoxy) is 1. The van der Waals surface area contributed by atoms with Gasteiger partial charge in [0.25, 0.3) is 0 Å². The number of likely N-dealkylation sites (N-methyl/N-ethyl adjacent to an activating group) is 1. The summed E-state index contributed by atoms with van der Waals surface area (Å²) in [5.41, 5.74) is 0.492. The molecule has 2 N–H and O–H groups in total. The minimum Gasteiger partial charge on any atom is -0.504 e. The lowest BCUT2D eigenvalue weighted by molar-refractivity contribution is -0.950. The van der Waals surface area contributed by atoms with E-state index in [1.807, 2.05) is 6.07 Å². The van der Waals surface area contributed by atoms with E-state index in [1.54, 1.807) is 6.07 Å². The lowest BCUT2D eigenvalue weighted by Crippen LogP contribution is -2.80. The Bertz CT molecular complexity index is 849. The molecule has 1 aromatic rings. The topological polar surface area (TPSA) is 66.8 Å². The van der Waals surface area contributed by atoms with Crippen molar-refractivity contribution in [2.75, 3.05) is 20.1 Å². The van der Waals surface area contributed by atoms with Gasteiger partial charge in [-0.3, -0.25) is 4.79 Å². The Morgan fingerprint density at radius 1 is 1.31 bits per heavy atom. The number of piperidine rings is 1. The van der Waals surface area contributed by atoms with Gasteiger partial charge in [-0.2, -0.15) is 0 Å². The molecular formula is C21H26NO4+. The monoisotopic (exact) mass is 356 g/mol. The first kappa shape index (κ1) is 15.5. The average molecular weight is 356 g/mol. The number of benzene rings is 1. The van der Waals surface area contributed by atoms with Gasteiger partial charge in [0.1, 0.15) is 11.6 Å². The van der Waals surface area contributed by atoms with Crippen LogP contribution in [0.5, 0.6) is 11.5 Å². The summed E-state index contributed by atoms with van der Waals surface area (Å²) in [6, 6.07) is 3.77. The Morgan fingerprint density at radius 2 is 2.12 bits per heavy atom. The summed E-state index contributed by atoms with van der Waals surface area (Å²) in [6.45, 7) is 2.09. The Kier molecular flexibility index (Phi) is 2.65. The molecule has 6 rings (SSSR count). The molecule has 26 heavy (non-hydrogen) atoms. The maximum atomic E-state index is 12.8. The molecule has 5 heteroatoms. The lowest BCUT2D eigenvalue weighted by atomic mass is 9.48. The van der Waals surface area contributed by atoms with Gasteiger partial charge >= 0.3 is 0 Å². The first-order valence-corrected chi connectivity index (χ1v) is 10.0. The second-order valence-corrected chi connectivity index (χ2v) is 9.61. The molecule has 0 aromatic heterocycles. The van der Waals surface area contributed by atoms with Gasteiger partial charge < -0.3 is 19.4 Å². The zero-order chi connectivity index (χ0) is 17.9. The summed E-state index contributed by atoms with van der Waals surface area (Å²) in [4.78, 5) is 12.8. The summed E-state index contributed by atoms with van der Waals surface area (Å²) in [6.07, 6.45) is 4.42. The molecule has 5 nitrogen and oxygen atoms in total. The fourth-order valence-corrected chi connectivity index (χ4v) is 6.94. The van der Waals surface area contributed by atoms with E-state index in [0.29, 0.717) is 18.6 Å². The molecule has 1 aromatic carbocycles. The molecular weight excluding hydrogens is 330 g/mol. The standard InChI is InChI=1S/C21H25NO4/c1-22(11-12-2-3-12)9-8-20-17-13-4-5-14(23)18(17)26-19(20)15(24)6-7-21(20,25)16(22)10-13/h4-5,12,16,19,25H,2-3,6-11H2,1H3/p+1/t16-,19+,20+,21-,22-/m0/s1. The van der Waals surface area contributed by atoms with E-state index in [4.69, 9.17) is 4.74 Å². The number of rotatable bonds is 2. The highest BCUT2D eigenvalue weighted by molar-refractivity contribution is 5.90. The maximum Gasteiger partial charge on any atom is 0.174 e. The van der Waals surface area contributed by atoms with Crippen LogP contribution in [0.3, 0.4) is 0 Å². The lowest BCUT2D eigenvalue weighted by Gasteiger charge is -2.64. The van der Waals surface area contributed by atoms with Crippen molar-refractivity contribution in [1.82, 2.24) is 0 Å². The number of carbonyl (C=O) groups excluding carboxylic acids is 1. The van der Waals surface area contributed by atoms with Crippen LogP contribution in [0.4, 0.5) is 0 Å². The average Bonchev–Trinajstić information content (AvgIpc) is 3.32. The van der Waals surface area contributed by atoms with Crippen molar-refractivity contribution >= 4 is 5.78 Å². The van der Waals surface area contributed by atoms with Crippen LogP contribution < -0.4 is 4.74 Å². The van der Waals surface area contributed by atoms with E-state index in [9.17, 15) is 15.0 Å². The highest BCUT2D eigenvalue weighted by atomic mass is 16.5. The molecule has 138 valence electrons. The predicted octanol–water partition coefficient (Wildman–Crippen LogP) is 1.67. The summed E-state index contributed by atoms with van der Waals surface area (Å²) in [5.74, 6) is 1.42. The molecule has 0 radical (unpaired) electrons. The third-order valence-electron chi connectivity index (χ3n) is 8.28. The van der Waals surface area contributed by atoms with E-state index in [0.717, 1.165) is 47.5 Å². The van der Waals surface area contributed by atoms with Crippen molar-refractivity contribution in [3.63, 3.8) is 0 Å². The van der Waals surface area contributed by atoms with E-state index in [1.165, 1.54) is 12.8 Å². The molecule has 5 aliphatic rings. The molecule has 1 spiro atoms. The Balaban J connectivity index is 1.60. The quantitative estimate of drug-likeness (QED) is 0.791. The molecule has 5 atom stereocenters. The van der Waals surface area contributed by atoms with E-state index < -0.39 is 17.1 Å². The molecule has 0 amide bonds. The van der Waals surface area contributed by atoms with Crippen LogP contribution in [-0.4, -0.2) is 58.4 Å². The van der Waals surface area contributed by atoms with Gasteiger partial charge in [0.2, 0.25) is 0 Å². The number of likely N-dealkylation sites (tertiary alicyclic amines) is 1. The van der Waals surface area contributed by atoms with Crippen LogP contribution in [0, 0.1) is 5.92 Å². The number of Topliss-reactive ketones (excluding diaryl/α,β-unsaturated/α-hetero) is 1. The molecule has 3 aliphatic carbocycles.